The second-order valence-corrected chi connectivity index (χ2v) is 4.03. The SMILES string of the molecule is NC(N)=NC(N)=Nc1ccccc1-c1ccc(F)cc1. The second kappa shape index (κ2) is 5.83. The van der Waals surface area contributed by atoms with E-state index in [4.69, 9.17) is 17.2 Å². The lowest BCUT2D eigenvalue weighted by Gasteiger charge is -2.06. The van der Waals surface area contributed by atoms with Gasteiger partial charge in [0.2, 0.25) is 5.96 Å². The maximum Gasteiger partial charge on any atom is 0.223 e. The molecule has 0 unspecified atom stereocenters. The average Bonchev–Trinajstić information content (AvgIpc) is 2.39. The fourth-order valence-electron chi connectivity index (χ4n) is 1.73. The highest BCUT2D eigenvalue weighted by atomic mass is 19.1. The van der Waals surface area contributed by atoms with Crippen molar-refractivity contribution in [2.24, 2.45) is 27.2 Å². The minimum atomic E-state index is -0.297. The molecular formula is C14H14FN5. The third-order valence-electron chi connectivity index (χ3n) is 2.54. The van der Waals surface area contributed by atoms with E-state index in [0.29, 0.717) is 5.69 Å². The van der Waals surface area contributed by atoms with Crippen LogP contribution in [0, 0.1) is 5.82 Å². The molecule has 5 nitrogen and oxygen atoms in total. The Kier molecular flexibility index (Phi) is 3.95. The zero-order valence-electron chi connectivity index (χ0n) is 10.6. The zero-order chi connectivity index (χ0) is 14.5. The third-order valence-corrected chi connectivity index (χ3v) is 2.54. The summed E-state index contributed by atoms with van der Waals surface area (Å²) in [6.07, 6.45) is 0. The van der Waals surface area contributed by atoms with Crippen molar-refractivity contribution in [2.45, 2.75) is 0 Å². The zero-order valence-corrected chi connectivity index (χ0v) is 10.6. The van der Waals surface area contributed by atoms with Crippen LogP contribution < -0.4 is 17.2 Å². The molecule has 0 atom stereocenters. The average molecular weight is 271 g/mol. The molecule has 2 rings (SSSR count). The van der Waals surface area contributed by atoms with Gasteiger partial charge in [0, 0.05) is 5.56 Å². The molecule has 0 radical (unpaired) electrons. The number of halogens is 1. The van der Waals surface area contributed by atoms with E-state index in [1.54, 1.807) is 18.2 Å². The summed E-state index contributed by atoms with van der Waals surface area (Å²) in [6, 6.07) is 13.4. The molecule has 0 aliphatic carbocycles. The summed E-state index contributed by atoms with van der Waals surface area (Å²) in [4.78, 5) is 7.81. The summed E-state index contributed by atoms with van der Waals surface area (Å²) >= 11 is 0. The van der Waals surface area contributed by atoms with Gasteiger partial charge in [-0.05, 0) is 23.8 Å². The number of guanidine groups is 2. The van der Waals surface area contributed by atoms with E-state index in [1.165, 1.54) is 12.1 Å². The minimum absolute atomic E-state index is 0.0421. The molecule has 0 amide bonds. The van der Waals surface area contributed by atoms with Crippen molar-refractivity contribution in [3.8, 4) is 11.1 Å². The van der Waals surface area contributed by atoms with Crippen molar-refractivity contribution >= 4 is 17.6 Å². The van der Waals surface area contributed by atoms with E-state index in [2.05, 4.69) is 9.98 Å². The molecule has 0 aliphatic heterocycles. The maximum absolute atomic E-state index is 13.0. The smallest absolute Gasteiger partial charge is 0.223 e. The highest BCUT2D eigenvalue weighted by Crippen LogP contribution is 2.30. The molecule has 0 aliphatic rings. The summed E-state index contributed by atoms with van der Waals surface area (Å²) in [7, 11) is 0. The Morgan fingerprint density at radius 3 is 2.20 bits per heavy atom. The van der Waals surface area contributed by atoms with Crippen LogP contribution in [0.25, 0.3) is 11.1 Å². The molecule has 6 heteroatoms. The Morgan fingerprint density at radius 1 is 0.900 bits per heavy atom. The number of rotatable bonds is 2. The summed E-state index contributed by atoms with van der Waals surface area (Å²) in [5, 5.41) is 0. The van der Waals surface area contributed by atoms with Gasteiger partial charge in [-0.25, -0.2) is 9.38 Å². The van der Waals surface area contributed by atoms with E-state index >= 15 is 0 Å². The second-order valence-electron chi connectivity index (χ2n) is 4.03. The Morgan fingerprint density at radius 2 is 1.55 bits per heavy atom. The standard InChI is InChI=1S/C14H14FN5/c15-10-7-5-9(6-8-10)11-3-1-2-4-12(11)19-14(18)20-13(16)17/h1-8H,(H6,16,17,18,19,20). The van der Waals surface area contributed by atoms with Crippen molar-refractivity contribution in [1.82, 2.24) is 0 Å². The van der Waals surface area contributed by atoms with Crippen molar-refractivity contribution in [3.05, 3.63) is 54.3 Å². The van der Waals surface area contributed by atoms with Crippen LogP contribution in [-0.2, 0) is 0 Å². The van der Waals surface area contributed by atoms with Gasteiger partial charge in [-0.15, -0.1) is 0 Å². The summed E-state index contributed by atoms with van der Waals surface area (Å²) in [6.45, 7) is 0. The Labute approximate surface area is 115 Å². The molecule has 0 aromatic heterocycles. The fourth-order valence-corrected chi connectivity index (χ4v) is 1.73. The maximum atomic E-state index is 13.0. The van der Waals surface area contributed by atoms with E-state index in [0.717, 1.165) is 11.1 Å². The van der Waals surface area contributed by atoms with E-state index < -0.39 is 0 Å². The lowest BCUT2D eigenvalue weighted by atomic mass is 10.0. The number of aliphatic imine (C=N–C) groups is 2. The predicted octanol–water partition coefficient (Wildman–Crippen LogP) is 1.71. The fraction of sp³-hybridized carbons (Fsp3) is 0. The molecule has 6 N–H and O–H groups in total. The molecule has 0 bridgehead atoms. The van der Waals surface area contributed by atoms with Crippen LogP contribution in [0.4, 0.5) is 10.1 Å². The van der Waals surface area contributed by atoms with E-state index in [9.17, 15) is 4.39 Å². The van der Waals surface area contributed by atoms with Gasteiger partial charge in [0.25, 0.3) is 0 Å². The quantitative estimate of drug-likeness (QED) is 0.572. The molecule has 0 saturated carbocycles. The van der Waals surface area contributed by atoms with Crippen molar-refractivity contribution in [3.63, 3.8) is 0 Å². The number of benzene rings is 2. The number of nitrogens with two attached hydrogens (primary N) is 3. The molecule has 0 heterocycles. The summed E-state index contributed by atoms with van der Waals surface area (Å²) in [5.41, 5.74) is 18.3. The van der Waals surface area contributed by atoms with Gasteiger partial charge >= 0.3 is 0 Å². The largest absolute Gasteiger partial charge is 0.370 e. The van der Waals surface area contributed by atoms with Crippen LogP contribution in [0.3, 0.4) is 0 Å². The first-order valence-corrected chi connectivity index (χ1v) is 5.85. The van der Waals surface area contributed by atoms with Crippen LogP contribution in [0.1, 0.15) is 0 Å². The lowest BCUT2D eigenvalue weighted by Crippen LogP contribution is -2.26. The summed E-state index contributed by atoms with van der Waals surface area (Å²) in [5.74, 6) is -0.500. The Balaban J connectivity index is 2.46. The molecule has 102 valence electrons. The third kappa shape index (κ3) is 3.32. The van der Waals surface area contributed by atoms with Gasteiger partial charge in [0.1, 0.15) is 5.82 Å². The van der Waals surface area contributed by atoms with Crippen molar-refractivity contribution in [1.29, 1.82) is 0 Å². The molecule has 2 aromatic rings. The normalized spacial score (nSPS) is 11.2. The van der Waals surface area contributed by atoms with E-state index in [1.807, 2.05) is 18.2 Å². The van der Waals surface area contributed by atoms with Crippen LogP contribution in [0.2, 0.25) is 0 Å². The number of hydrogen-bond acceptors (Lipinski definition) is 1. The predicted molar refractivity (Wildman–Crippen MR) is 78.9 cm³/mol. The number of para-hydroxylation sites is 1. The van der Waals surface area contributed by atoms with Gasteiger partial charge in [-0.2, -0.15) is 4.99 Å². The Hall–Kier alpha value is -2.89. The number of hydrogen-bond donors (Lipinski definition) is 3. The van der Waals surface area contributed by atoms with Gasteiger partial charge in [-0.1, -0.05) is 30.3 Å². The number of nitrogens with zero attached hydrogens (tertiary/aromatic N) is 2. The first kappa shape index (κ1) is 13.5. The minimum Gasteiger partial charge on any atom is -0.370 e. The van der Waals surface area contributed by atoms with Gasteiger partial charge in [0.15, 0.2) is 5.96 Å². The topological polar surface area (TPSA) is 103 Å². The lowest BCUT2D eigenvalue weighted by molar-refractivity contribution is 0.628. The Bertz CT molecular complexity index is 658. The highest BCUT2D eigenvalue weighted by Gasteiger charge is 2.04. The molecule has 0 spiro atoms. The van der Waals surface area contributed by atoms with Crippen LogP contribution >= 0.6 is 0 Å². The van der Waals surface area contributed by atoms with Crippen LogP contribution in [0.15, 0.2) is 58.5 Å². The highest BCUT2D eigenvalue weighted by molar-refractivity contribution is 5.94. The van der Waals surface area contributed by atoms with E-state index in [-0.39, 0.29) is 17.7 Å². The molecule has 2 aromatic carbocycles. The molecular weight excluding hydrogens is 257 g/mol. The summed E-state index contributed by atoms with van der Waals surface area (Å²) < 4.78 is 13.0. The van der Waals surface area contributed by atoms with Gasteiger partial charge in [0.05, 0.1) is 5.69 Å². The van der Waals surface area contributed by atoms with Gasteiger partial charge in [-0.3, -0.25) is 0 Å². The molecule has 0 saturated heterocycles. The van der Waals surface area contributed by atoms with Crippen LogP contribution in [-0.4, -0.2) is 11.9 Å². The molecule has 0 fully saturated rings. The monoisotopic (exact) mass is 271 g/mol. The van der Waals surface area contributed by atoms with Crippen molar-refractivity contribution in [2.75, 3.05) is 0 Å². The first-order chi connectivity index (χ1) is 9.56. The molecule has 20 heavy (non-hydrogen) atoms. The van der Waals surface area contributed by atoms with Gasteiger partial charge < -0.3 is 17.2 Å². The van der Waals surface area contributed by atoms with Crippen LogP contribution in [0.5, 0.6) is 0 Å². The van der Waals surface area contributed by atoms with Crippen molar-refractivity contribution < 1.29 is 4.39 Å². The first-order valence-electron chi connectivity index (χ1n) is 5.85.